The second kappa shape index (κ2) is 4.31. The number of rotatable bonds is 2. The van der Waals surface area contributed by atoms with Crippen molar-refractivity contribution in [1.29, 1.82) is 0 Å². The lowest BCUT2D eigenvalue weighted by Gasteiger charge is -2.25. The summed E-state index contributed by atoms with van der Waals surface area (Å²) in [6.45, 7) is 9.62. The van der Waals surface area contributed by atoms with Gasteiger partial charge in [0.25, 0.3) is 0 Å². The van der Waals surface area contributed by atoms with Gasteiger partial charge in [0.05, 0.1) is 0 Å². The van der Waals surface area contributed by atoms with E-state index < -0.39 is 0 Å². The van der Waals surface area contributed by atoms with Crippen molar-refractivity contribution < 1.29 is 0 Å². The zero-order valence-electron chi connectivity index (χ0n) is 10.8. The average molecular weight is 206 g/mol. The lowest BCUT2D eigenvalue weighted by atomic mass is 9.80. The Labute approximate surface area is 95.1 Å². The lowest BCUT2D eigenvalue weighted by molar-refractivity contribution is 0.261. The van der Waals surface area contributed by atoms with E-state index in [4.69, 9.17) is 0 Å². The molecule has 0 heterocycles. The third-order valence-corrected chi connectivity index (χ3v) is 4.82. The maximum Gasteiger partial charge on any atom is -0.0194 e. The molecule has 3 atom stereocenters. The van der Waals surface area contributed by atoms with Gasteiger partial charge in [-0.05, 0) is 42.4 Å². The Morgan fingerprint density at radius 2 is 1.67 bits per heavy atom. The molecule has 0 nitrogen and oxygen atoms in total. The van der Waals surface area contributed by atoms with Gasteiger partial charge in [-0.1, -0.05) is 52.2 Å². The van der Waals surface area contributed by atoms with E-state index in [1.54, 1.807) is 5.57 Å². The van der Waals surface area contributed by atoms with Gasteiger partial charge in [0.1, 0.15) is 0 Å². The van der Waals surface area contributed by atoms with Gasteiger partial charge >= 0.3 is 0 Å². The van der Waals surface area contributed by atoms with Crippen LogP contribution < -0.4 is 0 Å². The SMILES string of the molecule is CC(C)C1=CC(C2C(C)CCC2C)CC1. The summed E-state index contributed by atoms with van der Waals surface area (Å²) >= 11 is 0. The molecule has 1 saturated carbocycles. The van der Waals surface area contributed by atoms with Crippen molar-refractivity contribution in [3.05, 3.63) is 11.6 Å². The quantitative estimate of drug-likeness (QED) is 0.576. The predicted octanol–water partition coefficient (Wildman–Crippen LogP) is 4.66. The van der Waals surface area contributed by atoms with E-state index in [0.717, 1.165) is 29.6 Å². The molecule has 0 aromatic rings. The van der Waals surface area contributed by atoms with Crippen LogP contribution in [0.15, 0.2) is 11.6 Å². The topological polar surface area (TPSA) is 0 Å². The van der Waals surface area contributed by atoms with Crippen molar-refractivity contribution in [1.82, 2.24) is 0 Å². The Morgan fingerprint density at radius 1 is 1.07 bits per heavy atom. The van der Waals surface area contributed by atoms with E-state index in [2.05, 4.69) is 33.8 Å². The molecule has 0 N–H and O–H groups in total. The molecular formula is C15H26. The van der Waals surface area contributed by atoms with Crippen LogP contribution in [0.2, 0.25) is 0 Å². The highest BCUT2D eigenvalue weighted by atomic mass is 14.4. The molecule has 0 aliphatic heterocycles. The minimum atomic E-state index is 0.780. The van der Waals surface area contributed by atoms with Crippen LogP contribution >= 0.6 is 0 Å². The normalized spacial score (nSPS) is 41.3. The van der Waals surface area contributed by atoms with Crippen LogP contribution in [0.3, 0.4) is 0 Å². The van der Waals surface area contributed by atoms with Gasteiger partial charge in [0.15, 0.2) is 0 Å². The van der Waals surface area contributed by atoms with Gasteiger partial charge in [-0.25, -0.2) is 0 Å². The Balaban J connectivity index is 2.06. The van der Waals surface area contributed by atoms with Crippen molar-refractivity contribution in [2.45, 2.75) is 53.4 Å². The molecule has 86 valence electrons. The van der Waals surface area contributed by atoms with E-state index in [-0.39, 0.29) is 0 Å². The highest BCUT2D eigenvalue weighted by Gasteiger charge is 2.36. The van der Waals surface area contributed by atoms with Crippen molar-refractivity contribution in [2.24, 2.45) is 29.6 Å². The van der Waals surface area contributed by atoms with Crippen LogP contribution in [0.5, 0.6) is 0 Å². The first-order chi connectivity index (χ1) is 7.09. The summed E-state index contributed by atoms with van der Waals surface area (Å²) in [6, 6.07) is 0. The van der Waals surface area contributed by atoms with Crippen LogP contribution in [0.4, 0.5) is 0 Å². The highest BCUT2D eigenvalue weighted by Crippen LogP contribution is 2.46. The van der Waals surface area contributed by atoms with Crippen LogP contribution in [-0.4, -0.2) is 0 Å². The van der Waals surface area contributed by atoms with E-state index in [9.17, 15) is 0 Å². The minimum Gasteiger partial charge on any atom is -0.0816 e. The first-order valence-electron chi connectivity index (χ1n) is 6.80. The summed E-state index contributed by atoms with van der Waals surface area (Å²) in [4.78, 5) is 0. The highest BCUT2D eigenvalue weighted by molar-refractivity contribution is 5.15. The third kappa shape index (κ3) is 2.14. The smallest absolute Gasteiger partial charge is 0.0194 e. The Hall–Kier alpha value is -0.260. The minimum absolute atomic E-state index is 0.780. The van der Waals surface area contributed by atoms with E-state index in [1.165, 1.54) is 25.7 Å². The first kappa shape index (κ1) is 11.2. The van der Waals surface area contributed by atoms with Gasteiger partial charge in [0, 0.05) is 0 Å². The predicted molar refractivity (Wildman–Crippen MR) is 66.7 cm³/mol. The van der Waals surface area contributed by atoms with Crippen molar-refractivity contribution >= 4 is 0 Å². The second-order valence-electron chi connectivity index (χ2n) is 6.21. The van der Waals surface area contributed by atoms with Gasteiger partial charge < -0.3 is 0 Å². The molecule has 1 fully saturated rings. The summed E-state index contributed by atoms with van der Waals surface area (Å²) in [6.07, 6.45) is 8.37. The Bertz CT molecular complexity index is 239. The Kier molecular flexibility index (Phi) is 3.23. The van der Waals surface area contributed by atoms with Gasteiger partial charge in [-0.3, -0.25) is 0 Å². The summed E-state index contributed by atoms with van der Waals surface area (Å²) < 4.78 is 0. The summed E-state index contributed by atoms with van der Waals surface area (Å²) in [5.41, 5.74) is 1.73. The van der Waals surface area contributed by atoms with Crippen molar-refractivity contribution in [3.63, 3.8) is 0 Å². The molecule has 2 aliphatic carbocycles. The van der Waals surface area contributed by atoms with E-state index >= 15 is 0 Å². The maximum atomic E-state index is 2.63. The van der Waals surface area contributed by atoms with Gasteiger partial charge in [-0.2, -0.15) is 0 Å². The molecule has 0 heteroatoms. The molecule has 15 heavy (non-hydrogen) atoms. The monoisotopic (exact) mass is 206 g/mol. The van der Waals surface area contributed by atoms with E-state index in [0.29, 0.717) is 0 Å². The molecule has 2 rings (SSSR count). The fourth-order valence-corrected chi connectivity index (χ4v) is 3.88. The van der Waals surface area contributed by atoms with E-state index in [1.807, 2.05) is 0 Å². The lowest BCUT2D eigenvalue weighted by Crippen LogP contribution is -2.19. The standard InChI is InChI=1S/C15H26/c1-10(2)13-7-8-14(9-13)15-11(3)5-6-12(15)4/h9-12,14-15H,5-8H2,1-4H3. The molecular weight excluding hydrogens is 180 g/mol. The summed E-state index contributed by atoms with van der Waals surface area (Å²) in [7, 11) is 0. The molecule has 0 aromatic carbocycles. The molecule has 0 aromatic heterocycles. The van der Waals surface area contributed by atoms with Crippen LogP contribution in [0.25, 0.3) is 0 Å². The molecule has 0 saturated heterocycles. The van der Waals surface area contributed by atoms with Crippen LogP contribution in [0, 0.1) is 29.6 Å². The molecule has 2 aliphatic rings. The van der Waals surface area contributed by atoms with Crippen LogP contribution in [-0.2, 0) is 0 Å². The average Bonchev–Trinajstić information content (AvgIpc) is 2.73. The Morgan fingerprint density at radius 3 is 2.13 bits per heavy atom. The maximum absolute atomic E-state index is 2.63. The second-order valence-corrected chi connectivity index (χ2v) is 6.21. The number of hydrogen-bond acceptors (Lipinski definition) is 0. The van der Waals surface area contributed by atoms with Gasteiger partial charge in [0.2, 0.25) is 0 Å². The third-order valence-electron chi connectivity index (χ3n) is 4.82. The molecule has 0 amide bonds. The summed E-state index contributed by atoms with van der Waals surface area (Å²) in [5.74, 6) is 4.61. The first-order valence-corrected chi connectivity index (χ1v) is 6.80. The molecule has 0 spiro atoms. The van der Waals surface area contributed by atoms with Crippen LogP contribution in [0.1, 0.15) is 53.4 Å². The molecule has 3 unspecified atom stereocenters. The number of allylic oxidation sites excluding steroid dienone is 2. The molecule has 0 radical (unpaired) electrons. The largest absolute Gasteiger partial charge is 0.0816 e. The zero-order chi connectivity index (χ0) is 11.0. The van der Waals surface area contributed by atoms with Crippen molar-refractivity contribution in [3.8, 4) is 0 Å². The van der Waals surface area contributed by atoms with Crippen molar-refractivity contribution in [2.75, 3.05) is 0 Å². The fraction of sp³-hybridized carbons (Fsp3) is 0.867. The number of hydrogen-bond donors (Lipinski definition) is 0. The van der Waals surface area contributed by atoms with Gasteiger partial charge in [-0.15, -0.1) is 0 Å². The zero-order valence-corrected chi connectivity index (χ0v) is 10.8. The summed E-state index contributed by atoms with van der Waals surface area (Å²) in [5, 5.41) is 0. The molecule has 0 bridgehead atoms. The fourth-order valence-electron chi connectivity index (χ4n) is 3.88.